The summed E-state index contributed by atoms with van der Waals surface area (Å²) in [4.78, 5) is 16.8. The van der Waals surface area contributed by atoms with E-state index in [0.717, 1.165) is 35.2 Å². The van der Waals surface area contributed by atoms with Crippen LogP contribution in [0.2, 0.25) is 0 Å². The molecular formula is C23H20N4O4. The van der Waals surface area contributed by atoms with Crippen molar-refractivity contribution in [3.05, 3.63) is 71.1 Å². The fourth-order valence-electron chi connectivity index (χ4n) is 3.69. The summed E-state index contributed by atoms with van der Waals surface area (Å²) in [6.45, 7) is 0.914. The summed E-state index contributed by atoms with van der Waals surface area (Å²) >= 11 is 0. The lowest BCUT2D eigenvalue weighted by Gasteiger charge is -2.10. The average Bonchev–Trinajstić information content (AvgIpc) is 3.55. The number of rotatable bonds is 6. The van der Waals surface area contributed by atoms with E-state index in [1.165, 1.54) is 18.0 Å². The van der Waals surface area contributed by atoms with Gasteiger partial charge in [0.15, 0.2) is 0 Å². The SMILES string of the molecule is COc1c(C(=O)NCc2ncco2)ccc2[nH]nc(C=Cc3ccc4c(c3)CCO4)c12. The van der Waals surface area contributed by atoms with Crippen LogP contribution in [-0.2, 0) is 13.0 Å². The number of carbonyl (C=O) groups is 1. The van der Waals surface area contributed by atoms with Crippen LogP contribution in [0.3, 0.4) is 0 Å². The number of methoxy groups -OCH3 is 1. The van der Waals surface area contributed by atoms with Gasteiger partial charge in [0.2, 0.25) is 5.89 Å². The highest BCUT2D eigenvalue weighted by Crippen LogP contribution is 2.33. The van der Waals surface area contributed by atoms with Crippen molar-refractivity contribution in [1.82, 2.24) is 20.5 Å². The van der Waals surface area contributed by atoms with E-state index in [0.29, 0.717) is 22.9 Å². The Morgan fingerprint density at radius 2 is 2.23 bits per heavy atom. The summed E-state index contributed by atoms with van der Waals surface area (Å²) in [5.41, 5.74) is 4.14. The average molecular weight is 416 g/mol. The Kier molecular flexibility index (Phi) is 4.87. The van der Waals surface area contributed by atoms with Crippen LogP contribution in [0.1, 0.15) is 33.1 Å². The minimum Gasteiger partial charge on any atom is -0.495 e. The van der Waals surface area contributed by atoms with Gasteiger partial charge in [0.1, 0.15) is 17.8 Å². The van der Waals surface area contributed by atoms with E-state index >= 15 is 0 Å². The monoisotopic (exact) mass is 416 g/mol. The summed E-state index contributed by atoms with van der Waals surface area (Å²) in [6.07, 6.45) is 7.82. The highest BCUT2D eigenvalue weighted by Gasteiger charge is 2.19. The molecular weight excluding hydrogens is 396 g/mol. The number of ether oxygens (including phenoxy) is 2. The number of oxazole rings is 1. The zero-order valence-corrected chi connectivity index (χ0v) is 16.8. The number of aromatic nitrogens is 3. The molecule has 0 spiro atoms. The van der Waals surface area contributed by atoms with Crippen molar-refractivity contribution in [3.8, 4) is 11.5 Å². The number of hydrogen-bond acceptors (Lipinski definition) is 6. The van der Waals surface area contributed by atoms with Crippen molar-refractivity contribution in [1.29, 1.82) is 0 Å². The van der Waals surface area contributed by atoms with Gasteiger partial charge >= 0.3 is 0 Å². The van der Waals surface area contributed by atoms with Gasteiger partial charge in [0, 0.05) is 6.42 Å². The summed E-state index contributed by atoms with van der Waals surface area (Å²) in [7, 11) is 1.54. The van der Waals surface area contributed by atoms with Gasteiger partial charge in [0.05, 0.1) is 48.6 Å². The molecule has 31 heavy (non-hydrogen) atoms. The standard InChI is InChI=1S/C23H20N4O4/c1-29-22-16(23(28)25-13-20-24-9-11-31-20)4-6-18-21(22)17(26-27-18)5-2-14-3-7-19-15(12-14)8-10-30-19/h2-7,9,11-12H,8,10,13H2,1H3,(H,25,28)(H,26,27). The van der Waals surface area contributed by atoms with Crippen molar-refractivity contribution >= 4 is 29.0 Å². The topological polar surface area (TPSA) is 102 Å². The molecule has 0 bridgehead atoms. The van der Waals surface area contributed by atoms with Crippen LogP contribution in [0, 0.1) is 0 Å². The lowest BCUT2D eigenvalue weighted by Crippen LogP contribution is -2.23. The zero-order valence-electron chi connectivity index (χ0n) is 16.8. The van der Waals surface area contributed by atoms with Crippen molar-refractivity contribution in [2.24, 2.45) is 0 Å². The molecule has 0 fully saturated rings. The van der Waals surface area contributed by atoms with Crippen molar-refractivity contribution in [2.75, 3.05) is 13.7 Å². The molecule has 4 aromatic rings. The lowest BCUT2D eigenvalue weighted by atomic mass is 10.1. The molecule has 8 heteroatoms. The molecule has 1 aliphatic heterocycles. The van der Waals surface area contributed by atoms with E-state index in [2.05, 4.69) is 26.6 Å². The van der Waals surface area contributed by atoms with Crippen LogP contribution in [0.15, 0.2) is 47.2 Å². The first-order valence-corrected chi connectivity index (χ1v) is 9.88. The van der Waals surface area contributed by atoms with Crippen LogP contribution in [0.25, 0.3) is 23.1 Å². The summed E-state index contributed by atoms with van der Waals surface area (Å²) < 4.78 is 16.3. The number of fused-ring (bicyclic) bond motifs is 2. The maximum absolute atomic E-state index is 12.8. The Bertz CT molecular complexity index is 1270. The fourth-order valence-corrected chi connectivity index (χ4v) is 3.69. The van der Waals surface area contributed by atoms with E-state index < -0.39 is 0 Å². The smallest absolute Gasteiger partial charge is 0.255 e. The van der Waals surface area contributed by atoms with Gasteiger partial charge in [-0.3, -0.25) is 9.89 Å². The van der Waals surface area contributed by atoms with Crippen LogP contribution in [-0.4, -0.2) is 34.8 Å². The Morgan fingerprint density at radius 1 is 1.29 bits per heavy atom. The van der Waals surface area contributed by atoms with Gasteiger partial charge in [-0.25, -0.2) is 4.98 Å². The van der Waals surface area contributed by atoms with Crippen LogP contribution in [0.5, 0.6) is 11.5 Å². The number of nitrogens with zero attached hydrogens (tertiary/aromatic N) is 2. The van der Waals surface area contributed by atoms with Crippen LogP contribution >= 0.6 is 0 Å². The molecule has 0 radical (unpaired) electrons. The predicted octanol–water partition coefficient (Wildman–Crippen LogP) is 3.59. The molecule has 156 valence electrons. The Labute approximate surface area is 177 Å². The van der Waals surface area contributed by atoms with E-state index in [1.807, 2.05) is 30.4 Å². The van der Waals surface area contributed by atoms with Crippen molar-refractivity contribution in [3.63, 3.8) is 0 Å². The van der Waals surface area contributed by atoms with Crippen molar-refractivity contribution in [2.45, 2.75) is 13.0 Å². The molecule has 1 amide bonds. The largest absolute Gasteiger partial charge is 0.495 e. The summed E-state index contributed by atoms with van der Waals surface area (Å²) in [6, 6.07) is 9.63. The number of nitrogens with one attached hydrogen (secondary N) is 2. The molecule has 1 aliphatic rings. The minimum atomic E-state index is -0.285. The van der Waals surface area contributed by atoms with Gasteiger partial charge in [-0.2, -0.15) is 5.10 Å². The number of amides is 1. The van der Waals surface area contributed by atoms with Crippen molar-refractivity contribution < 1.29 is 18.7 Å². The van der Waals surface area contributed by atoms with E-state index in [4.69, 9.17) is 13.9 Å². The number of H-pyrrole nitrogens is 1. The van der Waals surface area contributed by atoms with E-state index in [1.54, 1.807) is 13.2 Å². The quantitative estimate of drug-likeness (QED) is 0.498. The number of hydrogen-bond donors (Lipinski definition) is 2. The summed E-state index contributed by atoms with van der Waals surface area (Å²) in [5.74, 6) is 1.55. The zero-order chi connectivity index (χ0) is 21.2. The third-order valence-corrected chi connectivity index (χ3v) is 5.19. The second-order valence-electron chi connectivity index (χ2n) is 7.09. The highest BCUT2D eigenvalue weighted by molar-refractivity contribution is 6.05. The van der Waals surface area contributed by atoms with Gasteiger partial charge < -0.3 is 19.2 Å². The molecule has 0 atom stereocenters. The molecule has 3 heterocycles. The maximum atomic E-state index is 12.8. The Hall–Kier alpha value is -4.07. The van der Waals surface area contributed by atoms with Gasteiger partial charge in [-0.05, 0) is 41.5 Å². The normalized spacial score (nSPS) is 12.8. The third-order valence-electron chi connectivity index (χ3n) is 5.19. The molecule has 2 N–H and O–H groups in total. The molecule has 0 unspecified atom stereocenters. The van der Waals surface area contributed by atoms with Crippen LogP contribution < -0.4 is 14.8 Å². The molecule has 2 aromatic carbocycles. The van der Waals surface area contributed by atoms with E-state index in [-0.39, 0.29) is 12.5 Å². The first-order chi connectivity index (χ1) is 15.2. The third kappa shape index (κ3) is 3.63. The second kappa shape index (κ2) is 7.98. The van der Waals surface area contributed by atoms with Crippen LogP contribution in [0.4, 0.5) is 0 Å². The molecule has 2 aromatic heterocycles. The highest BCUT2D eigenvalue weighted by atomic mass is 16.5. The Morgan fingerprint density at radius 3 is 3.06 bits per heavy atom. The second-order valence-corrected chi connectivity index (χ2v) is 7.09. The maximum Gasteiger partial charge on any atom is 0.255 e. The molecule has 5 rings (SSSR count). The molecule has 0 aliphatic carbocycles. The molecule has 0 saturated carbocycles. The first kappa shape index (κ1) is 18.9. The fraction of sp³-hybridized carbons (Fsp3) is 0.174. The first-order valence-electron chi connectivity index (χ1n) is 9.88. The number of carbonyl (C=O) groups excluding carboxylic acids is 1. The van der Waals surface area contributed by atoms with Gasteiger partial charge in [-0.15, -0.1) is 0 Å². The number of aromatic amines is 1. The predicted molar refractivity (Wildman–Crippen MR) is 115 cm³/mol. The lowest BCUT2D eigenvalue weighted by molar-refractivity contribution is 0.0944. The van der Waals surface area contributed by atoms with Gasteiger partial charge in [0.25, 0.3) is 5.91 Å². The van der Waals surface area contributed by atoms with Gasteiger partial charge in [-0.1, -0.05) is 12.1 Å². The number of benzene rings is 2. The molecule has 8 nitrogen and oxygen atoms in total. The van der Waals surface area contributed by atoms with E-state index in [9.17, 15) is 4.79 Å². The summed E-state index contributed by atoms with van der Waals surface area (Å²) in [5, 5.41) is 10.9. The minimum absolute atomic E-state index is 0.188. The molecule has 0 saturated heterocycles. The Balaban J connectivity index is 1.45.